The summed E-state index contributed by atoms with van der Waals surface area (Å²) in [6, 6.07) is 3.40. The van der Waals surface area contributed by atoms with Gasteiger partial charge in [0.15, 0.2) is 5.82 Å². The summed E-state index contributed by atoms with van der Waals surface area (Å²) >= 11 is 0. The minimum atomic E-state index is -0.519. The van der Waals surface area contributed by atoms with Gasteiger partial charge in [0.05, 0.1) is 6.61 Å². The zero-order valence-electron chi connectivity index (χ0n) is 11.9. The molecule has 0 aromatic carbocycles. The maximum atomic E-state index is 10.9. The Morgan fingerprint density at radius 3 is 3.09 bits per heavy atom. The number of nitrogens with zero attached hydrogens (tertiary/aromatic N) is 4. The van der Waals surface area contributed by atoms with Gasteiger partial charge in [0, 0.05) is 31.2 Å². The van der Waals surface area contributed by atoms with Gasteiger partial charge in [-0.3, -0.25) is 0 Å². The summed E-state index contributed by atoms with van der Waals surface area (Å²) in [4.78, 5) is 14.4. The molecule has 1 saturated heterocycles. The van der Waals surface area contributed by atoms with Crippen molar-refractivity contribution in [2.75, 3.05) is 31.7 Å². The van der Waals surface area contributed by atoms with E-state index in [0.717, 1.165) is 6.42 Å². The summed E-state index contributed by atoms with van der Waals surface area (Å²) in [5, 5.41) is 27.5. The predicted octanol–water partition coefficient (Wildman–Crippen LogP) is 0.838. The molecule has 22 heavy (non-hydrogen) atoms. The molecular weight excluding hydrogens is 290 g/mol. The van der Waals surface area contributed by atoms with E-state index in [4.69, 9.17) is 4.74 Å². The maximum absolute atomic E-state index is 10.9. The van der Waals surface area contributed by atoms with E-state index in [1.54, 1.807) is 12.1 Å². The van der Waals surface area contributed by atoms with Crippen molar-refractivity contribution in [2.45, 2.75) is 12.8 Å². The Morgan fingerprint density at radius 1 is 1.55 bits per heavy atom. The molecule has 0 aliphatic carbocycles. The molecule has 1 aliphatic rings. The van der Waals surface area contributed by atoms with Gasteiger partial charge in [-0.25, -0.2) is 4.98 Å². The summed E-state index contributed by atoms with van der Waals surface area (Å²) in [7, 11) is 0. The molecule has 1 atom stereocenters. The molecule has 2 aromatic rings. The Balaban J connectivity index is 1.78. The number of nitrogens with one attached hydrogen (secondary N) is 1. The van der Waals surface area contributed by atoms with Gasteiger partial charge < -0.3 is 25.3 Å². The Labute approximate surface area is 126 Å². The van der Waals surface area contributed by atoms with E-state index in [2.05, 4.69) is 15.4 Å². The summed E-state index contributed by atoms with van der Waals surface area (Å²) in [6.07, 6.45) is 2.70. The second kappa shape index (κ2) is 5.85. The maximum Gasteiger partial charge on any atom is 0.368 e. The zero-order valence-corrected chi connectivity index (χ0v) is 11.9. The normalized spacial score (nSPS) is 21.3. The monoisotopic (exact) mass is 307 g/mol. The van der Waals surface area contributed by atoms with Gasteiger partial charge in [0.1, 0.15) is 6.20 Å². The van der Waals surface area contributed by atoms with Crippen LogP contribution < -0.4 is 5.32 Å². The molecule has 0 radical (unpaired) electrons. The topological polar surface area (TPSA) is 115 Å². The molecule has 9 nitrogen and oxygen atoms in total. The molecule has 0 spiro atoms. The van der Waals surface area contributed by atoms with Gasteiger partial charge in [-0.1, -0.05) is 9.61 Å². The number of ether oxygens (including phenoxy) is 1. The zero-order chi connectivity index (χ0) is 15.6. The van der Waals surface area contributed by atoms with E-state index >= 15 is 0 Å². The lowest BCUT2D eigenvalue weighted by Gasteiger charge is -2.26. The molecule has 3 rings (SSSR count). The molecule has 1 aliphatic heterocycles. The first-order chi connectivity index (χ1) is 10.6. The molecule has 2 N–H and O–H groups in total. The van der Waals surface area contributed by atoms with Gasteiger partial charge in [-0.05, 0) is 23.8 Å². The van der Waals surface area contributed by atoms with Crippen LogP contribution >= 0.6 is 0 Å². The second-order valence-electron chi connectivity index (χ2n) is 5.49. The SMILES string of the molecule is O=[N+]([O-])c1cnc2ccc(NCC3(CCO)CCOC3)nn12. The Kier molecular flexibility index (Phi) is 3.90. The molecule has 0 amide bonds. The second-order valence-corrected chi connectivity index (χ2v) is 5.49. The van der Waals surface area contributed by atoms with Gasteiger partial charge in [0.2, 0.25) is 5.65 Å². The Bertz CT molecular complexity index is 680. The number of aliphatic hydroxyl groups excluding tert-OH is 1. The summed E-state index contributed by atoms with van der Waals surface area (Å²) in [5.41, 5.74) is 0.304. The van der Waals surface area contributed by atoms with Crippen molar-refractivity contribution >= 4 is 17.3 Å². The smallest absolute Gasteiger partial charge is 0.368 e. The molecular formula is C13H17N5O4. The van der Waals surface area contributed by atoms with Gasteiger partial charge >= 0.3 is 5.82 Å². The highest BCUT2D eigenvalue weighted by molar-refractivity contribution is 5.48. The Morgan fingerprint density at radius 2 is 2.41 bits per heavy atom. The quantitative estimate of drug-likeness (QED) is 0.600. The molecule has 0 bridgehead atoms. The van der Waals surface area contributed by atoms with E-state index in [9.17, 15) is 15.2 Å². The van der Waals surface area contributed by atoms with Crippen LogP contribution in [-0.4, -0.2) is 51.0 Å². The number of hydrogen-bond donors (Lipinski definition) is 2. The minimum Gasteiger partial charge on any atom is -0.396 e. The van der Waals surface area contributed by atoms with Crippen LogP contribution in [0.2, 0.25) is 0 Å². The lowest BCUT2D eigenvalue weighted by molar-refractivity contribution is -0.391. The third kappa shape index (κ3) is 2.72. The number of nitro groups is 1. The van der Waals surface area contributed by atoms with Crippen molar-refractivity contribution in [1.82, 2.24) is 14.6 Å². The van der Waals surface area contributed by atoms with E-state index in [0.29, 0.717) is 37.6 Å². The molecule has 0 saturated carbocycles. The first-order valence-corrected chi connectivity index (χ1v) is 7.05. The van der Waals surface area contributed by atoms with Gasteiger partial charge in [-0.15, -0.1) is 0 Å². The molecule has 9 heteroatoms. The first-order valence-electron chi connectivity index (χ1n) is 7.05. The van der Waals surface area contributed by atoms with Crippen molar-refractivity contribution in [3.8, 4) is 0 Å². The fraction of sp³-hybridized carbons (Fsp3) is 0.538. The molecule has 3 heterocycles. The van der Waals surface area contributed by atoms with E-state index in [1.165, 1.54) is 10.7 Å². The molecule has 118 valence electrons. The van der Waals surface area contributed by atoms with E-state index in [1.807, 2.05) is 0 Å². The number of anilines is 1. The standard InChI is InChI=1S/C13H17N5O4/c19-5-3-13(4-6-22-9-13)8-15-10-1-2-11-14-7-12(18(20)21)17(11)16-10/h1-2,7,19H,3-6,8-9H2,(H,15,16). The van der Waals surface area contributed by atoms with Crippen LogP contribution in [-0.2, 0) is 4.74 Å². The summed E-state index contributed by atoms with van der Waals surface area (Å²) in [6.45, 7) is 1.97. The van der Waals surface area contributed by atoms with Crippen LogP contribution in [0.5, 0.6) is 0 Å². The lowest BCUT2D eigenvalue weighted by atomic mass is 9.84. The highest BCUT2D eigenvalue weighted by Crippen LogP contribution is 2.32. The van der Waals surface area contributed by atoms with Crippen LogP contribution in [0.3, 0.4) is 0 Å². The van der Waals surface area contributed by atoms with Crippen LogP contribution in [0.4, 0.5) is 11.6 Å². The van der Waals surface area contributed by atoms with Crippen LogP contribution in [0.25, 0.3) is 5.65 Å². The number of imidazole rings is 1. The number of aromatic nitrogens is 3. The highest BCUT2D eigenvalue weighted by Gasteiger charge is 2.34. The number of fused-ring (bicyclic) bond motifs is 1. The van der Waals surface area contributed by atoms with Crippen LogP contribution in [0.15, 0.2) is 18.3 Å². The van der Waals surface area contributed by atoms with Crippen molar-refractivity contribution < 1.29 is 14.8 Å². The fourth-order valence-corrected chi connectivity index (χ4v) is 2.67. The summed E-state index contributed by atoms with van der Waals surface area (Å²) < 4.78 is 6.63. The van der Waals surface area contributed by atoms with E-state index < -0.39 is 4.92 Å². The van der Waals surface area contributed by atoms with Crippen molar-refractivity contribution in [3.63, 3.8) is 0 Å². The molecule has 2 aromatic heterocycles. The minimum absolute atomic E-state index is 0.102. The van der Waals surface area contributed by atoms with Crippen molar-refractivity contribution in [3.05, 3.63) is 28.4 Å². The molecule has 1 unspecified atom stereocenters. The highest BCUT2D eigenvalue weighted by atomic mass is 16.6. The third-order valence-electron chi connectivity index (χ3n) is 4.00. The van der Waals surface area contributed by atoms with E-state index in [-0.39, 0.29) is 17.8 Å². The summed E-state index contributed by atoms with van der Waals surface area (Å²) in [5.74, 6) is 0.353. The average Bonchev–Trinajstić information content (AvgIpc) is 3.12. The Hall–Kier alpha value is -2.26. The first kappa shape index (κ1) is 14.7. The largest absolute Gasteiger partial charge is 0.396 e. The molecule has 1 fully saturated rings. The van der Waals surface area contributed by atoms with Gasteiger partial charge in [0.25, 0.3) is 0 Å². The van der Waals surface area contributed by atoms with Crippen LogP contribution in [0.1, 0.15) is 12.8 Å². The third-order valence-corrected chi connectivity index (χ3v) is 4.00. The van der Waals surface area contributed by atoms with Gasteiger partial charge in [-0.2, -0.15) is 0 Å². The lowest BCUT2D eigenvalue weighted by Crippen LogP contribution is -2.31. The average molecular weight is 307 g/mol. The fourth-order valence-electron chi connectivity index (χ4n) is 2.67. The predicted molar refractivity (Wildman–Crippen MR) is 77.7 cm³/mol. The van der Waals surface area contributed by atoms with Crippen LogP contribution in [0, 0.1) is 15.5 Å². The number of rotatable bonds is 6. The number of aliphatic hydroxyl groups is 1. The number of hydrogen-bond acceptors (Lipinski definition) is 7. The van der Waals surface area contributed by atoms with Crippen molar-refractivity contribution in [1.29, 1.82) is 0 Å². The van der Waals surface area contributed by atoms with Crippen molar-refractivity contribution in [2.24, 2.45) is 5.41 Å².